The zero-order valence-electron chi connectivity index (χ0n) is 11.2. The number of rotatable bonds is 4. The number of hydrogen-bond donors (Lipinski definition) is 1. The van der Waals surface area contributed by atoms with Crippen LogP contribution >= 0.6 is 15.9 Å². The third kappa shape index (κ3) is 2.74. The molecule has 0 aliphatic carbocycles. The molecule has 1 atom stereocenters. The fourth-order valence-electron chi connectivity index (χ4n) is 2.38. The first kappa shape index (κ1) is 14.3. The van der Waals surface area contributed by atoms with E-state index in [0.29, 0.717) is 0 Å². The molecule has 0 radical (unpaired) electrons. The summed E-state index contributed by atoms with van der Waals surface area (Å²) in [7, 11) is 1.89. The summed E-state index contributed by atoms with van der Waals surface area (Å²) in [5.41, 5.74) is 0.819. The molecule has 1 aromatic carbocycles. The molecule has 0 bridgehead atoms. The largest absolute Gasteiger partial charge is 0.466 e. The topological polar surface area (TPSA) is 25.2 Å². The van der Waals surface area contributed by atoms with E-state index in [0.717, 1.165) is 15.8 Å². The van der Waals surface area contributed by atoms with Gasteiger partial charge in [0.25, 0.3) is 0 Å². The molecule has 1 N–H and O–H groups in total. The Bertz CT molecular complexity index is 548. The highest BCUT2D eigenvalue weighted by Gasteiger charge is 2.34. The van der Waals surface area contributed by atoms with Gasteiger partial charge in [0.15, 0.2) is 0 Å². The van der Waals surface area contributed by atoms with Crippen molar-refractivity contribution in [1.82, 2.24) is 5.32 Å². The number of halogens is 2. The van der Waals surface area contributed by atoms with Gasteiger partial charge in [0, 0.05) is 5.41 Å². The van der Waals surface area contributed by atoms with E-state index in [4.69, 9.17) is 4.42 Å². The molecule has 2 nitrogen and oxygen atoms in total. The molecule has 2 aromatic rings. The molecule has 1 aromatic heterocycles. The lowest BCUT2D eigenvalue weighted by molar-refractivity contribution is 0.310. The van der Waals surface area contributed by atoms with Gasteiger partial charge in [0.05, 0.1) is 16.8 Å². The van der Waals surface area contributed by atoms with Gasteiger partial charge < -0.3 is 9.73 Å². The molecular weight excluding hydrogens is 309 g/mol. The van der Waals surface area contributed by atoms with E-state index < -0.39 is 0 Å². The molecule has 0 saturated heterocycles. The van der Waals surface area contributed by atoms with E-state index in [2.05, 4.69) is 35.1 Å². The molecule has 4 heteroatoms. The van der Waals surface area contributed by atoms with Crippen LogP contribution < -0.4 is 5.32 Å². The summed E-state index contributed by atoms with van der Waals surface area (Å²) in [5, 5.41) is 3.28. The fraction of sp³-hybridized carbons (Fsp3) is 0.333. The Morgan fingerprint density at radius 1 is 1.21 bits per heavy atom. The highest BCUT2D eigenvalue weighted by Crippen LogP contribution is 2.39. The molecule has 19 heavy (non-hydrogen) atoms. The van der Waals surface area contributed by atoms with Crippen molar-refractivity contribution in [3.8, 4) is 0 Å². The zero-order chi connectivity index (χ0) is 14.0. The van der Waals surface area contributed by atoms with Gasteiger partial charge in [-0.1, -0.05) is 26.0 Å². The highest BCUT2D eigenvalue weighted by atomic mass is 79.9. The summed E-state index contributed by atoms with van der Waals surface area (Å²) in [6, 6.07) is 8.47. The number of hydrogen-bond acceptors (Lipinski definition) is 2. The standard InChI is InChI=1S/C15H17BrFNO/c1-15(2,10-4-6-11(17)7-5-10)14(18-3)13-12(16)8-9-19-13/h4-9,14,18H,1-3H3. The summed E-state index contributed by atoms with van der Waals surface area (Å²) in [6.45, 7) is 4.22. The Morgan fingerprint density at radius 3 is 2.32 bits per heavy atom. The molecule has 0 spiro atoms. The Kier molecular flexibility index (Phi) is 4.11. The van der Waals surface area contributed by atoms with Crippen LogP contribution in [0.25, 0.3) is 0 Å². The first-order valence-electron chi connectivity index (χ1n) is 6.13. The second kappa shape index (κ2) is 5.47. The van der Waals surface area contributed by atoms with Crippen molar-refractivity contribution in [3.63, 3.8) is 0 Å². The predicted molar refractivity (Wildman–Crippen MR) is 77.6 cm³/mol. The molecule has 0 aliphatic rings. The van der Waals surface area contributed by atoms with Crippen LogP contribution in [0.4, 0.5) is 4.39 Å². The second-order valence-electron chi connectivity index (χ2n) is 5.08. The van der Waals surface area contributed by atoms with Crippen LogP contribution in [0.5, 0.6) is 0 Å². The molecule has 0 aliphatic heterocycles. The lowest BCUT2D eigenvalue weighted by atomic mass is 9.76. The zero-order valence-corrected chi connectivity index (χ0v) is 12.8. The van der Waals surface area contributed by atoms with E-state index >= 15 is 0 Å². The first-order valence-corrected chi connectivity index (χ1v) is 6.92. The van der Waals surface area contributed by atoms with Crippen molar-refractivity contribution < 1.29 is 8.81 Å². The van der Waals surface area contributed by atoms with Gasteiger partial charge in [-0.2, -0.15) is 0 Å². The third-order valence-corrected chi connectivity index (χ3v) is 4.16. The van der Waals surface area contributed by atoms with E-state index in [-0.39, 0.29) is 17.3 Å². The average molecular weight is 326 g/mol. The van der Waals surface area contributed by atoms with Gasteiger partial charge in [0.2, 0.25) is 0 Å². The first-order chi connectivity index (χ1) is 8.96. The van der Waals surface area contributed by atoms with Crippen molar-refractivity contribution in [3.05, 3.63) is 58.2 Å². The van der Waals surface area contributed by atoms with Crippen molar-refractivity contribution in [2.75, 3.05) is 7.05 Å². The van der Waals surface area contributed by atoms with Gasteiger partial charge in [-0.05, 0) is 46.7 Å². The third-order valence-electron chi connectivity index (χ3n) is 3.51. The molecule has 2 rings (SSSR count). The Hall–Kier alpha value is -1.13. The van der Waals surface area contributed by atoms with Gasteiger partial charge >= 0.3 is 0 Å². The maximum atomic E-state index is 13.1. The average Bonchev–Trinajstić information content (AvgIpc) is 2.77. The van der Waals surface area contributed by atoms with Crippen LogP contribution in [0.2, 0.25) is 0 Å². The minimum atomic E-state index is -0.233. The van der Waals surface area contributed by atoms with Crippen LogP contribution in [0.15, 0.2) is 45.5 Å². The van der Waals surface area contributed by atoms with Gasteiger partial charge in [-0.25, -0.2) is 4.39 Å². The summed E-state index contributed by atoms with van der Waals surface area (Å²) >= 11 is 3.49. The van der Waals surface area contributed by atoms with E-state index in [9.17, 15) is 4.39 Å². The molecule has 102 valence electrons. The van der Waals surface area contributed by atoms with Crippen LogP contribution in [0.1, 0.15) is 31.2 Å². The molecule has 1 heterocycles. The van der Waals surface area contributed by atoms with Crippen LogP contribution in [-0.4, -0.2) is 7.05 Å². The summed E-state index contributed by atoms with van der Waals surface area (Å²) < 4.78 is 19.6. The highest BCUT2D eigenvalue weighted by molar-refractivity contribution is 9.10. The SMILES string of the molecule is CNC(c1occc1Br)C(C)(C)c1ccc(F)cc1. The van der Waals surface area contributed by atoms with Crippen LogP contribution in [0.3, 0.4) is 0 Å². The predicted octanol–water partition coefficient (Wildman–Crippen LogP) is 4.42. The van der Waals surface area contributed by atoms with Gasteiger partial charge in [0.1, 0.15) is 11.6 Å². The van der Waals surface area contributed by atoms with Crippen LogP contribution in [-0.2, 0) is 5.41 Å². The smallest absolute Gasteiger partial charge is 0.135 e. The minimum Gasteiger partial charge on any atom is -0.466 e. The monoisotopic (exact) mass is 325 g/mol. The van der Waals surface area contributed by atoms with Crippen molar-refractivity contribution in [2.45, 2.75) is 25.3 Å². The van der Waals surface area contributed by atoms with E-state index in [1.54, 1.807) is 6.26 Å². The molecule has 0 fully saturated rings. The molecule has 0 saturated carbocycles. The van der Waals surface area contributed by atoms with E-state index in [1.807, 2.05) is 25.2 Å². The maximum Gasteiger partial charge on any atom is 0.135 e. The minimum absolute atomic E-state index is 0.0117. The Balaban J connectivity index is 2.41. The van der Waals surface area contributed by atoms with Crippen LogP contribution in [0, 0.1) is 5.82 Å². The summed E-state index contributed by atoms with van der Waals surface area (Å²) in [5.74, 6) is 0.622. The summed E-state index contributed by atoms with van der Waals surface area (Å²) in [4.78, 5) is 0. The Morgan fingerprint density at radius 2 is 1.84 bits per heavy atom. The number of furan rings is 1. The molecule has 1 unspecified atom stereocenters. The van der Waals surface area contributed by atoms with Crippen molar-refractivity contribution in [1.29, 1.82) is 0 Å². The summed E-state index contributed by atoms with van der Waals surface area (Å²) in [6.07, 6.45) is 1.66. The van der Waals surface area contributed by atoms with E-state index in [1.165, 1.54) is 12.1 Å². The lowest BCUT2D eigenvalue weighted by Crippen LogP contribution is -2.35. The molecule has 0 amide bonds. The van der Waals surface area contributed by atoms with Crippen molar-refractivity contribution >= 4 is 15.9 Å². The number of likely N-dealkylation sites (N-methyl/N-ethyl adjacent to an activating group) is 1. The van der Waals surface area contributed by atoms with Gasteiger partial charge in [-0.15, -0.1) is 0 Å². The van der Waals surface area contributed by atoms with Gasteiger partial charge in [-0.3, -0.25) is 0 Å². The fourth-order valence-corrected chi connectivity index (χ4v) is 2.81. The maximum absolute atomic E-state index is 13.1. The number of benzene rings is 1. The normalized spacial score (nSPS) is 13.5. The van der Waals surface area contributed by atoms with Crippen molar-refractivity contribution in [2.24, 2.45) is 0 Å². The quantitative estimate of drug-likeness (QED) is 0.900. The number of nitrogens with one attached hydrogen (secondary N) is 1. The Labute approximate surface area is 121 Å². The second-order valence-corrected chi connectivity index (χ2v) is 5.94. The lowest BCUT2D eigenvalue weighted by Gasteiger charge is -2.33. The molecular formula is C15H17BrFNO.